The van der Waals surface area contributed by atoms with Gasteiger partial charge in [-0.3, -0.25) is 0 Å². The molecule has 5 heteroatoms. The van der Waals surface area contributed by atoms with Crippen LogP contribution in [0.1, 0.15) is 6.42 Å². The molecule has 1 aliphatic heterocycles. The Hall–Kier alpha value is -1.07. The molecule has 1 unspecified atom stereocenters. The van der Waals surface area contributed by atoms with Crippen LogP contribution >= 0.6 is 0 Å². The normalized spacial score (nSPS) is 20.8. The number of aliphatic hydroxyl groups is 1. The number of nitrogens with zero attached hydrogens (tertiary/aromatic N) is 1. The second-order valence-corrected chi connectivity index (χ2v) is 6.57. The summed E-state index contributed by atoms with van der Waals surface area (Å²) in [6.07, 6.45) is 2.20. The largest absolute Gasteiger partial charge is 0.396 e. The predicted octanol–water partition coefficient (Wildman–Crippen LogP) is 0.909. The second kappa shape index (κ2) is 4.66. The van der Waals surface area contributed by atoms with Gasteiger partial charge in [0, 0.05) is 37.6 Å². The molecule has 0 radical (unpaired) electrons. The molecule has 1 aromatic carbocycles. The third-order valence-corrected chi connectivity index (χ3v) is 4.30. The molecule has 0 bridgehead atoms. The van der Waals surface area contributed by atoms with Gasteiger partial charge in [0.05, 0.1) is 4.90 Å². The molecule has 1 atom stereocenters. The maximum Gasteiger partial charge on any atom is 0.175 e. The third-order valence-electron chi connectivity index (χ3n) is 3.17. The molecule has 94 valence electrons. The average molecular weight is 255 g/mol. The molecule has 4 nitrogen and oxygen atoms in total. The van der Waals surface area contributed by atoms with Crippen molar-refractivity contribution in [3.8, 4) is 0 Å². The number of rotatable bonds is 3. The molecule has 1 aromatic rings. The van der Waals surface area contributed by atoms with Crippen molar-refractivity contribution >= 4 is 15.5 Å². The summed E-state index contributed by atoms with van der Waals surface area (Å²) in [5.41, 5.74) is 1.02. The Balaban J connectivity index is 2.14. The van der Waals surface area contributed by atoms with Crippen LogP contribution in [0.4, 0.5) is 5.69 Å². The Kier molecular flexibility index (Phi) is 3.40. The molecule has 1 heterocycles. The third kappa shape index (κ3) is 2.79. The van der Waals surface area contributed by atoms with Gasteiger partial charge in [-0.05, 0) is 30.7 Å². The van der Waals surface area contributed by atoms with Crippen molar-refractivity contribution < 1.29 is 13.5 Å². The van der Waals surface area contributed by atoms with E-state index in [2.05, 4.69) is 4.90 Å². The van der Waals surface area contributed by atoms with Crippen molar-refractivity contribution in [1.82, 2.24) is 0 Å². The fraction of sp³-hybridized carbons (Fsp3) is 0.500. The standard InChI is InChI=1S/C12H17NO3S/c1-17(15,16)12-4-2-11(3-5-12)13-7-6-10(8-13)9-14/h2-5,10,14H,6-9H2,1H3. The van der Waals surface area contributed by atoms with E-state index in [4.69, 9.17) is 5.11 Å². The molecule has 1 aliphatic rings. The number of hydrogen-bond donors (Lipinski definition) is 1. The van der Waals surface area contributed by atoms with E-state index >= 15 is 0 Å². The van der Waals surface area contributed by atoms with Crippen LogP contribution in [-0.4, -0.2) is 39.5 Å². The smallest absolute Gasteiger partial charge is 0.175 e. The number of aliphatic hydroxyl groups excluding tert-OH is 1. The first-order valence-electron chi connectivity index (χ1n) is 5.66. The summed E-state index contributed by atoms with van der Waals surface area (Å²) in [6, 6.07) is 6.93. The molecular formula is C12H17NO3S. The molecule has 17 heavy (non-hydrogen) atoms. The van der Waals surface area contributed by atoms with Gasteiger partial charge in [-0.2, -0.15) is 0 Å². The first-order valence-corrected chi connectivity index (χ1v) is 7.56. The summed E-state index contributed by atoms with van der Waals surface area (Å²) in [5.74, 6) is 0.338. The van der Waals surface area contributed by atoms with E-state index in [9.17, 15) is 8.42 Å². The lowest BCUT2D eigenvalue weighted by atomic mass is 10.1. The molecule has 0 saturated carbocycles. The van der Waals surface area contributed by atoms with E-state index in [1.165, 1.54) is 6.26 Å². The monoisotopic (exact) mass is 255 g/mol. The zero-order valence-corrected chi connectivity index (χ0v) is 10.7. The van der Waals surface area contributed by atoms with Crippen LogP contribution in [0.5, 0.6) is 0 Å². The maximum atomic E-state index is 11.3. The van der Waals surface area contributed by atoms with E-state index < -0.39 is 9.84 Å². The van der Waals surface area contributed by atoms with Crippen molar-refractivity contribution in [3.05, 3.63) is 24.3 Å². The van der Waals surface area contributed by atoms with Gasteiger partial charge in [0.2, 0.25) is 0 Å². The van der Waals surface area contributed by atoms with Crippen LogP contribution in [0.2, 0.25) is 0 Å². The van der Waals surface area contributed by atoms with Gasteiger partial charge in [-0.25, -0.2) is 8.42 Å². The maximum absolute atomic E-state index is 11.3. The van der Waals surface area contributed by atoms with Crippen LogP contribution in [0.3, 0.4) is 0 Å². The highest BCUT2D eigenvalue weighted by Gasteiger charge is 2.21. The van der Waals surface area contributed by atoms with Gasteiger partial charge < -0.3 is 10.0 Å². The Morgan fingerprint density at radius 2 is 2.00 bits per heavy atom. The molecule has 0 amide bonds. The SMILES string of the molecule is CS(=O)(=O)c1ccc(N2CCC(CO)C2)cc1. The van der Waals surface area contributed by atoms with Gasteiger partial charge in [0.1, 0.15) is 0 Å². The van der Waals surface area contributed by atoms with Crippen molar-refractivity contribution in [3.63, 3.8) is 0 Å². The highest BCUT2D eigenvalue weighted by Crippen LogP contribution is 2.24. The lowest BCUT2D eigenvalue weighted by Gasteiger charge is -2.18. The lowest BCUT2D eigenvalue weighted by molar-refractivity contribution is 0.238. The minimum atomic E-state index is -3.12. The fourth-order valence-corrected chi connectivity index (χ4v) is 2.75. The minimum absolute atomic E-state index is 0.220. The van der Waals surface area contributed by atoms with Crippen LogP contribution < -0.4 is 4.90 Å². The molecule has 2 rings (SSSR count). The first-order chi connectivity index (χ1) is 8.00. The van der Waals surface area contributed by atoms with Crippen LogP contribution in [-0.2, 0) is 9.84 Å². The fourth-order valence-electron chi connectivity index (χ4n) is 2.12. The van der Waals surface area contributed by atoms with Crippen LogP contribution in [0.25, 0.3) is 0 Å². The van der Waals surface area contributed by atoms with E-state index in [0.29, 0.717) is 10.8 Å². The topological polar surface area (TPSA) is 57.6 Å². The summed E-state index contributed by atoms with van der Waals surface area (Å²) in [6.45, 7) is 1.98. The zero-order valence-electron chi connectivity index (χ0n) is 9.83. The van der Waals surface area contributed by atoms with E-state index in [0.717, 1.165) is 25.2 Å². The summed E-state index contributed by atoms with van der Waals surface area (Å²) in [4.78, 5) is 2.52. The highest BCUT2D eigenvalue weighted by atomic mass is 32.2. The lowest BCUT2D eigenvalue weighted by Crippen LogP contribution is -2.20. The van der Waals surface area contributed by atoms with Crippen molar-refractivity contribution in [1.29, 1.82) is 0 Å². The van der Waals surface area contributed by atoms with Crippen molar-refractivity contribution in [2.24, 2.45) is 5.92 Å². The van der Waals surface area contributed by atoms with E-state index in [1.807, 2.05) is 12.1 Å². The zero-order chi connectivity index (χ0) is 12.5. The number of hydrogen-bond acceptors (Lipinski definition) is 4. The van der Waals surface area contributed by atoms with E-state index in [1.54, 1.807) is 12.1 Å². The Bertz CT molecular complexity index is 481. The quantitative estimate of drug-likeness (QED) is 0.872. The first kappa shape index (κ1) is 12.4. The van der Waals surface area contributed by atoms with Crippen molar-refractivity contribution in [2.75, 3.05) is 30.9 Å². The molecule has 0 spiro atoms. The minimum Gasteiger partial charge on any atom is -0.396 e. The Labute approximate surface area is 102 Å². The van der Waals surface area contributed by atoms with E-state index in [-0.39, 0.29) is 6.61 Å². The van der Waals surface area contributed by atoms with Crippen molar-refractivity contribution in [2.45, 2.75) is 11.3 Å². The Morgan fingerprint density at radius 3 is 2.47 bits per heavy atom. The second-order valence-electron chi connectivity index (χ2n) is 4.55. The number of benzene rings is 1. The van der Waals surface area contributed by atoms with Crippen LogP contribution in [0.15, 0.2) is 29.2 Å². The highest BCUT2D eigenvalue weighted by molar-refractivity contribution is 7.90. The summed E-state index contributed by atoms with van der Waals surface area (Å²) in [5, 5.41) is 9.08. The van der Waals surface area contributed by atoms with Gasteiger partial charge in [0.25, 0.3) is 0 Å². The molecule has 1 fully saturated rings. The molecule has 1 saturated heterocycles. The predicted molar refractivity (Wildman–Crippen MR) is 67.0 cm³/mol. The molecular weight excluding hydrogens is 238 g/mol. The summed E-state index contributed by atoms with van der Waals surface area (Å²) < 4.78 is 22.6. The summed E-state index contributed by atoms with van der Waals surface area (Å²) in [7, 11) is -3.12. The number of anilines is 1. The van der Waals surface area contributed by atoms with Gasteiger partial charge in [-0.1, -0.05) is 0 Å². The summed E-state index contributed by atoms with van der Waals surface area (Å²) >= 11 is 0. The average Bonchev–Trinajstić information content (AvgIpc) is 2.76. The van der Waals surface area contributed by atoms with Gasteiger partial charge in [0.15, 0.2) is 9.84 Å². The Morgan fingerprint density at radius 1 is 1.35 bits per heavy atom. The molecule has 1 N–H and O–H groups in total. The molecule has 0 aliphatic carbocycles. The van der Waals surface area contributed by atoms with Crippen LogP contribution in [0, 0.1) is 5.92 Å². The van der Waals surface area contributed by atoms with Gasteiger partial charge >= 0.3 is 0 Å². The number of sulfone groups is 1. The molecule has 0 aromatic heterocycles. The van der Waals surface area contributed by atoms with Gasteiger partial charge in [-0.15, -0.1) is 0 Å².